The number of hydrogen-bond acceptors (Lipinski definition) is 3. The van der Waals surface area contributed by atoms with Crippen LogP contribution in [0.4, 0.5) is 11.4 Å². The Hall–Kier alpha value is -2.34. The van der Waals surface area contributed by atoms with Crippen molar-refractivity contribution in [2.24, 2.45) is 0 Å². The van der Waals surface area contributed by atoms with Gasteiger partial charge in [-0.15, -0.1) is 0 Å². The van der Waals surface area contributed by atoms with Gasteiger partial charge in [0, 0.05) is 17.8 Å². The van der Waals surface area contributed by atoms with Crippen LogP contribution in [-0.4, -0.2) is 26.6 Å². The van der Waals surface area contributed by atoms with Gasteiger partial charge in [-0.2, -0.15) is 0 Å². The largest absolute Gasteiger partial charge is 0.322 e. The van der Waals surface area contributed by atoms with E-state index in [1.54, 1.807) is 24.3 Å². The molecule has 2 aromatic rings. The normalized spacial score (nSPS) is 16.5. The third kappa shape index (κ3) is 3.90. The average molecular weight is 372 g/mol. The van der Waals surface area contributed by atoms with E-state index in [4.69, 9.17) is 0 Å². The lowest BCUT2D eigenvalue weighted by molar-refractivity contribution is 0.102. The van der Waals surface area contributed by atoms with Gasteiger partial charge in [0.05, 0.1) is 11.4 Å². The van der Waals surface area contributed by atoms with E-state index >= 15 is 0 Å². The van der Waals surface area contributed by atoms with E-state index in [9.17, 15) is 13.2 Å². The second-order valence-corrected chi connectivity index (χ2v) is 8.85. The molecule has 0 radical (unpaired) electrons. The molecule has 1 aliphatic rings. The van der Waals surface area contributed by atoms with Crippen LogP contribution in [0, 0.1) is 0 Å². The first-order valence-corrected chi connectivity index (χ1v) is 10.5. The second-order valence-electron chi connectivity index (χ2n) is 6.84. The number of para-hydroxylation sites is 1. The molecule has 1 heterocycles. The molecular formula is C20H24N2O3S. The second kappa shape index (κ2) is 7.50. The predicted octanol–water partition coefficient (Wildman–Crippen LogP) is 3.99. The van der Waals surface area contributed by atoms with E-state index in [2.05, 4.69) is 19.2 Å². The summed E-state index contributed by atoms with van der Waals surface area (Å²) < 4.78 is 26.0. The molecule has 6 heteroatoms. The van der Waals surface area contributed by atoms with Crippen LogP contribution in [-0.2, 0) is 10.0 Å². The monoisotopic (exact) mass is 372 g/mol. The molecule has 1 N–H and O–H groups in total. The molecular weight excluding hydrogens is 348 g/mol. The minimum Gasteiger partial charge on any atom is -0.322 e. The van der Waals surface area contributed by atoms with Gasteiger partial charge in [-0.05, 0) is 48.6 Å². The van der Waals surface area contributed by atoms with Crippen LogP contribution in [0.1, 0.15) is 48.5 Å². The topological polar surface area (TPSA) is 66.5 Å². The Morgan fingerprint density at radius 2 is 1.85 bits per heavy atom. The molecule has 0 aliphatic carbocycles. The summed E-state index contributed by atoms with van der Waals surface area (Å²) in [6.07, 6.45) is 1.52. The Kier molecular flexibility index (Phi) is 5.32. The quantitative estimate of drug-likeness (QED) is 0.882. The van der Waals surface area contributed by atoms with Gasteiger partial charge < -0.3 is 5.32 Å². The number of anilines is 2. The SMILES string of the molecule is CC(C)c1ccccc1NC(=O)c1cccc(N2CCCCS2(=O)=O)c1. The molecule has 0 saturated carbocycles. The lowest BCUT2D eigenvalue weighted by atomic mass is 10.0. The lowest BCUT2D eigenvalue weighted by Crippen LogP contribution is -2.37. The Morgan fingerprint density at radius 1 is 1.08 bits per heavy atom. The van der Waals surface area contributed by atoms with Crippen LogP contribution in [0.25, 0.3) is 0 Å². The summed E-state index contributed by atoms with van der Waals surface area (Å²) in [5.41, 5.74) is 2.84. The molecule has 0 atom stereocenters. The summed E-state index contributed by atoms with van der Waals surface area (Å²) in [5.74, 6) is 0.205. The molecule has 2 aromatic carbocycles. The van der Waals surface area contributed by atoms with Gasteiger partial charge in [-0.3, -0.25) is 9.10 Å². The zero-order chi connectivity index (χ0) is 18.7. The van der Waals surface area contributed by atoms with Crippen LogP contribution < -0.4 is 9.62 Å². The number of benzene rings is 2. The molecule has 3 rings (SSSR count). The maximum Gasteiger partial charge on any atom is 0.255 e. The molecule has 1 saturated heterocycles. The molecule has 1 aliphatic heterocycles. The Bertz CT molecular complexity index is 907. The zero-order valence-corrected chi connectivity index (χ0v) is 15.9. The van der Waals surface area contributed by atoms with E-state index < -0.39 is 10.0 Å². The third-order valence-electron chi connectivity index (χ3n) is 4.58. The molecule has 1 fully saturated rings. The molecule has 0 spiro atoms. The number of amides is 1. The fourth-order valence-corrected chi connectivity index (χ4v) is 4.82. The van der Waals surface area contributed by atoms with Crippen LogP contribution in [0.3, 0.4) is 0 Å². The summed E-state index contributed by atoms with van der Waals surface area (Å²) in [7, 11) is -3.29. The lowest BCUT2D eigenvalue weighted by Gasteiger charge is -2.28. The van der Waals surface area contributed by atoms with Crippen molar-refractivity contribution < 1.29 is 13.2 Å². The fraction of sp³-hybridized carbons (Fsp3) is 0.350. The molecule has 138 valence electrons. The number of hydrogen-bond donors (Lipinski definition) is 1. The Balaban J connectivity index is 1.86. The van der Waals surface area contributed by atoms with Crippen molar-refractivity contribution in [3.63, 3.8) is 0 Å². The van der Waals surface area contributed by atoms with Crippen molar-refractivity contribution >= 4 is 27.3 Å². The van der Waals surface area contributed by atoms with Crippen molar-refractivity contribution in [3.05, 3.63) is 59.7 Å². The number of nitrogens with one attached hydrogen (secondary N) is 1. The van der Waals surface area contributed by atoms with Crippen molar-refractivity contribution in [2.45, 2.75) is 32.6 Å². The smallest absolute Gasteiger partial charge is 0.255 e. The summed E-state index contributed by atoms with van der Waals surface area (Å²) >= 11 is 0. The van der Waals surface area contributed by atoms with E-state index in [1.165, 1.54) is 4.31 Å². The van der Waals surface area contributed by atoms with Gasteiger partial charge in [-0.1, -0.05) is 38.1 Å². The number of sulfonamides is 1. The minimum atomic E-state index is -3.29. The molecule has 1 amide bonds. The first-order valence-electron chi connectivity index (χ1n) is 8.89. The van der Waals surface area contributed by atoms with Crippen molar-refractivity contribution in [2.75, 3.05) is 21.9 Å². The van der Waals surface area contributed by atoms with Gasteiger partial charge in [0.2, 0.25) is 10.0 Å². The maximum absolute atomic E-state index is 12.7. The highest BCUT2D eigenvalue weighted by molar-refractivity contribution is 7.92. The van der Waals surface area contributed by atoms with Crippen LogP contribution in [0.15, 0.2) is 48.5 Å². The van der Waals surface area contributed by atoms with E-state index in [0.717, 1.165) is 17.7 Å². The van der Waals surface area contributed by atoms with Crippen LogP contribution in [0.2, 0.25) is 0 Å². The highest BCUT2D eigenvalue weighted by Crippen LogP contribution is 2.26. The van der Waals surface area contributed by atoms with Gasteiger partial charge in [0.15, 0.2) is 0 Å². The van der Waals surface area contributed by atoms with Crippen molar-refractivity contribution in [3.8, 4) is 0 Å². The summed E-state index contributed by atoms with van der Waals surface area (Å²) in [4.78, 5) is 12.7. The van der Waals surface area contributed by atoms with E-state index in [0.29, 0.717) is 24.2 Å². The Labute approximate surface area is 155 Å². The first kappa shape index (κ1) is 18.5. The predicted molar refractivity (Wildman–Crippen MR) is 105 cm³/mol. The molecule has 0 unspecified atom stereocenters. The summed E-state index contributed by atoms with van der Waals surface area (Å²) in [6.45, 7) is 4.61. The number of carbonyl (C=O) groups is 1. The fourth-order valence-electron chi connectivity index (χ4n) is 3.19. The van der Waals surface area contributed by atoms with E-state index in [1.807, 2.05) is 24.3 Å². The van der Waals surface area contributed by atoms with Crippen LogP contribution >= 0.6 is 0 Å². The number of rotatable bonds is 4. The molecule has 5 nitrogen and oxygen atoms in total. The summed E-state index contributed by atoms with van der Waals surface area (Å²) in [5, 5.41) is 2.95. The Morgan fingerprint density at radius 3 is 2.58 bits per heavy atom. The van der Waals surface area contributed by atoms with Crippen LogP contribution in [0.5, 0.6) is 0 Å². The molecule has 0 bridgehead atoms. The molecule has 26 heavy (non-hydrogen) atoms. The minimum absolute atomic E-state index is 0.158. The van der Waals surface area contributed by atoms with E-state index in [-0.39, 0.29) is 17.6 Å². The maximum atomic E-state index is 12.7. The number of nitrogens with zero attached hydrogens (tertiary/aromatic N) is 1. The van der Waals surface area contributed by atoms with Crippen molar-refractivity contribution in [1.29, 1.82) is 0 Å². The first-order chi connectivity index (χ1) is 12.4. The highest BCUT2D eigenvalue weighted by Gasteiger charge is 2.26. The van der Waals surface area contributed by atoms with Crippen molar-refractivity contribution in [1.82, 2.24) is 0 Å². The number of carbonyl (C=O) groups excluding carboxylic acids is 1. The highest BCUT2D eigenvalue weighted by atomic mass is 32.2. The zero-order valence-electron chi connectivity index (χ0n) is 15.1. The van der Waals surface area contributed by atoms with Gasteiger partial charge in [-0.25, -0.2) is 8.42 Å². The standard InChI is InChI=1S/C20H24N2O3S/c1-15(2)18-10-3-4-11-19(18)21-20(23)16-8-7-9-17(14-16)22-12-5-6-13-26(22,24)25/h3-4,7-11,14-15H,5-6,12-13H2,1-2H3,(H,21,23). The average Bonchev–Trinajstić information content (AvgIpc) is 2.61. The van der Waals surface area contributed by atoms with Gasteiger partial charge >= 0.3 is 0 Å². The third-order valence-corrected chi connectivity index (χ3v) is 6.45. The van der Waals surface area contributed by atoms with Gasteiger partial charge in [0.25, 0.3) is 5.91 Å². The van der Waals surface area contributed by atoms with Gasteiger partial charge in [0.1, 0.15) is 0 Å². The molecule has 0 aromatic heterocycles. The summed E-state index contributed by atoms with van der Waals surface area (Å²) in [6, 6.07) is 14.5.